The zero-order valence-corrected chi connectivity index (χ0v) is 15.7. The fourth-order valence-corrected chi connectivity index (χ4v) is 4.20. The molecule has 1 saturated carbocycles. The van der Waals surface area contributed by atoms with Crippen LogP contribution in [0.5, 0.6) is 11.5 Å². The molecule has 1 aromatic rings. The van der Waals surface area contributed by atoms with Crippen molar-refractivity contribution >= 4 is 44.8 Å². The first-order chi connectivity index (χ1) is 11.6. The van der Waals surface area contributed by atoms with Crippen LogP contribution in [0.15, 0.2) is 26.5 Å². The van der Waals surface area contributed by atoms with Gasteiger partial charge < -0.3 is 15.2 Å². The van der Waals surface area contributed by atoms with E-state index in [4.69, 9.17) is 4.74 Å². The number of thioether (sulfide) groups is 1. The molecule has 5 nitrogen and oxygen atoms in total. The number of phenols is 1. The highest BCUT2D eigenvalue weighted by Crippen LogP contribution is 2.37. The summed E-state index contributed by atoms with van der Waals surface area (Å²) in [7, 11) is 1.49. The second kappa shape index (κ2) is 7.61. The second-order valence-corrected chi connectivity index (χ2v) is 7.73. The van der Waals surface area contributed by atoms with Gasteiger partial charge in [-0.05, 0) is 64.3 Å². The SMILES string of the molecule is COc1cc(/C=C2/SC(=NC3CCCCC3)NC2=O)cc(Br)c1O. The van der Waals surface area contributed by atoms with Crippen LogP contribution in [0.4, 0.5) is 0 Å². The second-order valence-electron chi connectivity index (χ2n) is 5.84. The maximum atomic E-state index is 12.2. The van der Waals surface area contributed by atoms with Crippen LogP contribution in [0.1, 0.15) is 37.7 Å². The van der Waals surface area contributed by atoms with Gasteiger partial charge in [0.05, 0.1) is 22.5 Å². The Bertz CT molecular complexity index is 712. The van der Waals surface area contributed by atoms with Crippen LogP contribution in [0.25, 0.3) is 6.08 Å². The normalized spacial score (nSPS) is 22.2. The number of aromatic hydroxyl groups is 1. The number of phenolic OH excluding ortho intramolecular Hbond substituents is 1. The summed E-state index contributed by atoms with van der Waals surface area (Å²) in [5.74, 6) is 0.260. The number of nitrogens with zero attached hydrogens (tertiary/aromatic N) is 1. The van der Waals surface area contributed by atoms with Crippen molar-refractivity contribution < 1.29 is 14.6 Å². The number of amidine groups is 1. The molecule has 1 aromatic carbocycles. The Balaban J connectivity index is 1.79. The number of nitrogens with one attached hydrogen (secondary N) is 1. The van der Waals surface area contributed by atoms with Crippen LogP contribution < -0.4 is 10.1 Å². The van der Waals surface area contributed by atoms with E-state index in [-0.39, 0.29) is 11.7 Å². The van der Waals surface area contributed by atoms with Gasteiger partial charge >= 0.3 is 0 Å². The topological polar surface area (TPSA) is 70.9 Å². The molecule has 2 aliphatic rings. The van der Waals surface area contributed by atoms with Gasteiger partial charge in [0.15, 0.2) is 16.7 Å². The van der Waals surface area contributed by atoms with E-state index < -0.39 is 0 Å². The minimum Gasteiger partial charge on any atom is -0.503 e. The molecule has 0 atom stereocenters. The molecule has 3 rings (SSSR count). The maximum absolute atomic E-state index is 12.2. The lowest BCUT2D eigenvalue weighted by Crippen LogP contribution is -2.22. The summed E-state index contributed by atoms with van der Waals surface area (Å²) < 4.78 is 5.66. The van der Waals surface area contributed by atoms with Crippen molar-refractivity contribution in [2.75, 3.05) is 7.11 Å². The molecule has 2 fully saturated rings. The van der Waals surface area contributed by atoms with Gasteiger partial charge in [0.1, 0.15) is 0 Å². The molecule has 7 heteroatoms. The monoisotopic (exact) mass is 410 g/mol. The van der Waals surface area contributed by atoms with E-state index in [9.17, 15) is 9.90 Å². The fraction of sp³-hybridized carbons (Fsp3) is 0.412. The summed E-state index contributed by atoms with van der Waals surface area (Å²) in [5.41, 5.74) is 0.771. The van der Waals surface area contributed by atoms with Gasteiger partial charge in [0.25, 0.3) is 5.91 Å². The minimum atomic E-state index is -0.141. The van der Waals surface area contributed by atoms with Crippen LogP contribution in [0, 0.1) is 0 Å². The zero-order chi connectivity index (χ0) is 17.1. The molecular formula is C17H19BrN2O3S. The number of carbonyl (C=O) groups is 1. The Kier molecular flexibility index (Phi) is 5.50. The molecule has 0 unspecified atom stereocenters. The zero-order valence-electron chi connectivity index (χ0n) is 13.3. The Hall–Kier alpha value is -1.47. The summed E-state index contributed by atoms with van der Waals surface area (Å²) in [6.07, 6.45) is 7.68. The lowest BCUT2D eigenvalue weighted by Gasteiger charge is -2.17. The smallest absolute Gasteiger partial charge is 0.264 e. The third kappa shape index (κ3) is 3.95. The quantitative estimate of drug-likeness (QED) is 0.737. The van der Waals surface area contributed by atoms with Crippen molar-refractivity contribution in [1.82, 2.24) is 5.32 Å². The average Bonchev–Trinajstić information content (AvgIpc) is 2.91. The van der Waals surface area contributed by atoms with Crippen molar-refractivity contribution in [1.29, 1.82) is 0 Å². The minimum absolute atomic E-state index is 0.0442. The lowest BCUT2D eigenvalue weighted by atomic mass is 9.96. The Labute approximate surface area is 153 Å². The van der Waals surface area contributed by atoms with Crippen LogP contribution >= 0.6 is 27.7 Å². The third-order valence-corrected chi connectivity index (χ3v) is 5.62. The number of benzene rings is 1. The molecule has 1 aliphatic carbocycles. The van der Waals surface area contributed by atoms with E-state index in [1.807, 2.05) is 0 Å². The number of methoxy groups -OCH3 is 1. The van der Waals surface area contributed by atoms with E-state index >= 15 is 0 Å². The molecule has 1 heterocycles. The van der Waals surface area contributed by atoms with Gasteiger partial charge in [-0.2, -0.15) is 0 Å². The summed E-state index contributed by atoms with van der Waals surface area (Å²) in [5, 5.41) is 13.4. The number of hydrogen-bond donors (Lipinski definition) is 2. The predicted molar refractivity (Wildman–Crippen MR) is 100 cm³/mol. The van der Waals surface area contributed by atoms with E-state index in [2.05, 4.69) is 26.2 Å². The van der Waals surface area contributed by atoms with Crippen molar-refractivity contribution in [3.63, 3.8) is 0 Å². The van der Waals surface area contributed by atoms with Gasteiger partial charge in [-0.1, -0.05) is 19.3 Å². The Morgan fingerprint density at radius 2 is 2.12 bits per heavy atom. The summed E-state index contributed by atoms with van der Waals surface area (Å²) in [4.78, 5) is 17.4. The number of carbonyl (C=O) groups excluding carboxylic acids is 1. The highest BCUT2D eigenvalue weighted by Gasteiger charge is 2.25. The molecule has 128 valence electrons. The maximum Gasteiger partial charge on any atom is 0.264 e. The Morgan fingerprint density at radius 1 is 1.38 bits per heavy atom. The fourth-order valence-electron chi connectivity index (χ4n) is 2.85. The summed E-state index contributed by atoms with van der Waals surface area (Å²) in [6, 6.07) is 3.76. The molecule has 0 radical (unpaired) electrons. The van der Waals surface area contributed by atoms with Gasteiger partial charge in [0, 0.05) is 0 Å². The summed E-state index contributed by atoms with van der Waals surface area (Å²) >= 11 is 4.65. The first-order valence-corrected chi connectivity index (χ1v) is 9.53. The number of halogens is 1. The van der Waals surface area contributed by atoms with E-state index in [1.165, 1.54) is 38.1 Å². The molecule has 1 amide bonds. The highest BCUT2D eigenvalue weighted by molar-refractivity contribution is 9.10. The van der Waals surface area contributed by atoms with Crippen LogP contribution in [0.2, 0.25) is 0 Å². The molecule has 1 saturated heterocycles. The van der Waals surface area contributed by atoms with Crippen LogP contribution in [-0.4, -0.2) is 29.3 Å². The number of rotatable bonds is 3. The Morgan fingerprint density at radius 3 is 2.83 bits per heavy atom. The van der Waals surface area contributed by atoms with Crippen molar-refractivity contribution in [2.24, 2.45) is 4.99 Å². The number of ether oxygens (including phenoxy) is 1. The van der Waals surface area contributed by atoms with E-state index in [1.54, 1.807) is 18.2 Å². The van der Waals surface area contributed by atoms with Crippen molar-refractivity contribution in [3.05, 3.63) is 27.1 Å². The number of amides is 1. The average molecular weight is 411 g/mol. The van der Waals surface area contributed by atoms with Gasteiger partial charge in [-0.15, -0.1) is 0 Å². The molecule has 24 heavy (non-hydrogen) atoms. The molecule has 2 N–H and O–H groups in total. The van der Waals surface area contributed by atoms with Crippen molar-refractivity contribution in [2.45, 2.75) is 38.1 Å². The molecule has 1 aliphatic heterocycles. The van der Waals surface area contributed by atoms with Gasteiger partial charge in [0.2, 0.25) is 0 Å². The van der Waals surface area contributed by atoms with Crippen LogP contribution in [0.3, 0.4) is 0 Å². The highest BCUT2D eigenvalue weighted by atomic mass is 79.9. The van der Waals surface area contributed by atoms with Crippen LogP contribution in [-0.2, 0) is 4.79 Å². The van der Waals surface area contributed by atoms with Crippen molar-refractivity contribution in [3.8, 4) is 11.5 Å². The lowest BCUT2D eigenvalue weighted by molar-refractivity contribution is -0.115. The van der Waals surface area contributed by atoms with E-state index in [0.717, 1.165) is 18.4 Å². The van der Waals surface area contributed by atoms with Gasteiger partial charge in [-0.3, -0.25) is 9.79 Å². The molecule has 0 bridgehead atoms. The molecular weight excluding hydrogens is 392 g/mol. The standard InChI is InChI=1S/C17H19BrN2O3S/c1-23-13-8-10(7-12(18)15(13)21)9-14-16(22)20-17(24-14)19-11-5-3-2-4-6-11/h7-9,11,21H,2-6H2,1H3,(H,19,20,22)/b14-9+. The number of hydrogen-bond acceptors (Lipinski definition) is 5. The van der Waals surface area contributed by atoms with Gasteiger partial charge in [-0.25, -0.2) is 0 Å². The summed E-state index contributed by atoms with van der Waals surface area (Å²) in [6.45, 7) is 0. The largest absolute Gasteiger partial charge is 0.503 e. The first kappa shape index (κ1) is 17.4. The first-order valence-electron chi connectivity index (χ1n) is 7.92. The van der Waals surface area contributed by atoms with E-state index in [0.29, 0.717) is 26.3 Å². The molecule has 0 aromatic heterocycles. The third-order valence-electron chi connectivity index (χ3n) is 4.09. The molecule has 0 spiro atoms. The number of aliphatic imine (C=N–C) groups is 1. The predicted octanol–water partition coefficient (Wildman–Crippen LogP) is 4.06.